The SMILES string of the molecule is O=C(Nc1ccc(Cc2ccc(NC(=O)C(F)(F)C(F)(F)C(F)(F)C(F)(F)C(F)(F)C(F)(F)C(F)(F)C(F)F)cc2)cc1)C(F)(F)C(F)(F)C(F)(F)C(F)(F)C(F)(F)C(F)(F)C(F)(F)C(F)F. The van der Waals surface area contributed by atoms with Gasteiger partial charge in [0.15, 0.2) is 0 Å². The van der Waals surface area contributed by atoms with Crippen molar-refractivity contribution < 1.29 is 150 Å². The predicted molar refractivity (Wildman–Crippen MR) is 154 cm³/mol. The molecule has 2 rings (SSSR count). The lowest BCUT2D eigenvalue weighted by atomic mass is 9.89. The first kappa shape index (κ1) is 58.3. The highest BCUT2D eigenvalue weighted by molar-refractivity contribution is 5.97. The third-order valence-corrected chi connectivity index (χ3v) is 8.73. The number of amides is 2. The first-order valence-electron chi connectivity index (χ1n) is 16.0. The fourth-order valence-electron chi connectivity index (χ4n) is 4.62. The second kappa shape index (κ2) is 17.0. The number of benzene rings is 2. The summed E-state index contributed by atoms with van der Waals surface area (Å²) in [5.41, 5.74) is -3.03. The van der Waals surface area contributed by atoms with Crippen LogP contribution >= 0.6 is 0 Å². The largest absolute Gasteiger partial charge is 0.393 e. The highest BCUT2D eigenvalue weighted by Gasteiger charge is 2.96. The van der Waals surface area contributed by atoms with E-state index in [9.17, 15) is 150 Å². The number of carbonyl (C=O) groups is 2. The summed E-state index contributed by atoms with van der Waals surface area (Å²) in [6.07, 6.45) is -12.8. The molecule has 0 atom stereocenters. The summed E-state index contributed by atoms with van der Waals surface area (Å²) in [4.78, 5) is 23.6. The van der Waals surface area contributed by atoms with Crippen molar-refractivity contribution in [3.8, 4) is 0 Å². The van der Waals surface area contributed by atoms with Gasteiger partial charge in [0.1, 0.15) is 0 Å². The average molecular weight is 1050 g/mol. The maximum absolute atomic E-state index is 14.3. The molecular formula is C31H14F32N2O2. The molecule has 0 saturated carbocycles. The molecule has 0 aliphatic heterocycles. The lowest BCUT2D eigenvalue weighted by molar-refractivity contribution is -0.443. The Bertz CT molecular complexity index is 1950. The lowest BCUT2D eigenvalue weighted by Crippen LogP contribution is -2.74. The van der Waals surface area contributed by atoms with Crippen LogP contribution in [0.5, 0.6) is 0 Å². The smallest absolute Gasteiger partial charge is 0.321 e. The van der Waals surface area contributed by atoms with Crippen molar-refractivity contribution in [2.75, 3.05) is 10.6 Å². The molecule has 67 heavy (non-hydrogen) atoms. The molecule has 2 aromatic carbocycles. The standard InChI is InChI=1S/C31H14F32N2O2/c32-14(33)18(36,37)22(44,45)26(52,53)30(60,61)28(56,57)24(48,49)20(40,41)16(66)64-12-5-1-10(2-6-12)9-11-3-7-13(8-4-11)65-17(67)21(42,43)25(50,51)29(58,59)31(62,63)27(54,55)23(46,47)19(38,39)15(34)35/h1-8,14-15H,9H2,(H,64,66)(H,65,67). The molecule has 0 radical (unpaired) electrons. The second-order valence-corrected chi connectivity index (χ2v) is 13.2. The van der Waals surface area contributed by atoms with Gasteiger partial charge >= 0.3 is 108 Å². The van der Waals surface area contributed by atoms with Gasteiger partial charge in [-0.15, -0.1) is 0 Å². The van der Waals surface area contributed by atoms with Crippen LogP contribution in [0.3, 0.4) is 0 Å². The monoisotopic (exact) mass is 1050 g/mol. The Morgan fingerprint density at radius 3 is 0.731 bits per heavy atom. The third-order valence-electron chi connectivity index (χ3n) is 8.73. The Morgan fingerprint density at radius 1 is 0.328 bits per heavy atom. The van der Waals surface area contributed by atoms with Gasteiger partial charge in [-0.1, -0.05) is 24.3 Å². The van der Waals surface area contributed by atoms with E-state index in [4.69, 9.17) is 0 Å². The highest BCUT2D eigenvalue weighted by atomic mass is 19.4. The molecule has 2 N–H and O–H groups in total. The van der Waals surface area contributed by atoms with Crippen molar-refractivity contribution in [2.24, 2.45) is 0 Å². The number of nitrogens with one attached hydrogen (secondary N) is 2. The van der Waals surface area contributed by atoms with E-state index in [1.165, 1.54) is 0 Å². The maximum atomic E-state index is 14.3. The topological polar surface area (TPSA) is 58.2 Å². The van der Waals surface area contributed by atoms with Crippen molar-refractivity contribution in [1.82, 2.24) is 0 Å². The summed E-state index contributed by atoms with van der Waals surface area (Å²) in [7, 11) is 0. The zero-order valence-electron chi connectivity index (χ0n) is 30.4. The lowest BCUT2D eigenvalue weighted by Gasteiger charge is -2.42. The van der Waals surface area contributed by atoms with Crippen LogP contribution in [-0.2, 0) is 16.0 Å². The van der Waals surface area contributed by atoms with Gasteiger partial charge < -0.3 is 10.6 Å². The van der Waals surface area contributed by atoms with Gasteiger partial charge in [0.2, 0.25) is 0 Å². The first-order chi connectivity index (χ1) is 29.3. The van der Waals surface area contributed by atoms with E-state index >= 15 is 0 Å². The van der Waals surface area contributed by atoms with Gasteiger partial charge in [-0.05, 0) is 41.8 Å². The summed E-state index contributed by atoms with van der Waals surface area (Å²) in [6, 6.07) is 3.65. The first-order valence-corrected chi connectivity index (χ1v) is 16.0. The Labute approximate surface area is 346 Å². The molecule has 4 nitrogen and oxygen atoms in total. The van der Waals surface area contributed by atoms with Gasteiger partial charge in [0.25, 0.3) is 0 Å². The molecule has 0 aromatic heterocycles. The molecule has 36 heteroatoms. The van der Waals surface area contributed by atoms with E-state index in [0.717, 1.165) is 0 Å². The van der Waals surface area contributed by atoms with E-state index in [0.29, 0.717) is 59.2 Å². The molecular weight excluding hydrogens is 1040 g/mol. The van der Waals surface area contributed by atoms with Crippen LogP contribution in [0.15, 0.2) is 48.5 Å². The zero-order valence-corrected chi connectivity index (χ0v) is 30.4. The van der Waals surface area contributed by atoms with Crippen LogP contribution < -0.4 is 10.6 Å². The van der Waals surface area contributed by atoms with Crippen LogP contribution in [0.25, 0.3) is 0 Å². The van der Waals surface area contributed by atoms with Crippen molar-refractivity contribution in [3.05, 3.63) is 59.7 Å². The molecule has 0 aliphatic carbocycles. The van der Waals surface area contributed by atoms with Crippen LogP contribution in [0.2, 0.25) is 0 Å². The molecule has 0 spiro atoms. The Hall–Kier alpha value is -4.86. The fourth-order valence-corrected chi connectivity index (χ4v) is 4.62. The van der Waals surface area contributed by atoms with E-state index in [-0.39, 0.29) is 11.1 Å². The van der Waals surface area contributed by atoms with E-state index < -0.39 is 125 Å². The highest BCUT2D eigenvalue weighted by Crippen LogP contribution is 2.65. The van der Waals surface area contributed by atoms with E-state index in [1.807, 2.05) is 0 Å². The zero-order chi connectivity index (χ0) is 53.4. The van der Waals surface area contributed by atoms with Gasteiger partial charge in [-0.2, -0.15) is 123 Å². The molecule has 0 fully saturated rings. The maximum Gasteiger partial charge on any atom is 0.393 e. The molecule has 2 amide bonds. The predicted octanol–water partition coefficient (Wildman–Crippen LogP) is 12.6. The molecule has 0 unspecified atom stereocenters. The Kier molecular flexibility index (Phi) is 14.8. The number of alkyl halides is 32. The molecule has 0 heterocycles. The number of halogens is 32. The normalized spacial score (nSPS) is 15.3. The fraction of sp³-hybridized carbons (Fsp3) is 0.548. The molecule has 0 bridgehead atoms. The van der Waals surface area contributed by atoms with Gasteiger partial charge in [0, 0.05) is 11.4 Å². The summed E-state index contributed by atoms with van der Waals surface area (Å²) in [6.45, 7) is 0. The average Bonchev–Trinajstić information content (AvgIpc) is 3.18. The van der Waals surface area contributed by atoms with Crippen LogP contribution in [-0.4, -0.2) is 108 Å². The van der Waals surface area contributed by atoms with Crippen LogP contribution in [0.1, 0.15) is 11.1 Å². The summed E-state index contributed by atoms with van der Waals surface area (Å²) in [5.74, 6) is -124. The van der Waals surface area contributed by atoms with Gasteiger partial charge in [-0.25, -0.2) is 17.6 Å². The van der Waals surface area contributed by atoms with Gasteiger partial charge in [-0.3, -0.25) is 9.59 Å². The molecule has 0 saturated heterocycles. The van der Waals surface area contributed by atoms with Gasteiger partial charge in [0.05, 0.1) is 0 Å². The van der Waals surface area contributed by atoms with E-state index in [2.05, 4.69) is 0 Å². The number of carbonyl (C=O) groups excluding carboxylic acids is 2. The number of hydrogen-bond acceptors (Lipinski definition) is 2. The second-order valence-electron chi connectivity index (χ2n) is 13.2. The van der Waals surface area contributed by atoms with Crippen LogP contribution in [0.4, 0.5) is 152 Å². The minimum absolute atomic E-state index is 0.246. The quantitative estimate of drug-likeness (QED) is 0.130. The number of rotatable bonds is 20. The minimum Gasteiger partial charge on any atom is -0.321 e. The number of hydrogen-bond donors (Lipinski definition) is 2. The minimum atomic E-state index is -8.80. The summed E-state index contributed by atoms with van der Waals surface area (Å²) >= 11 is 0. The summed E-state index contributed by atoms with van der Waals surface area (Å²) in [5, 5.41) is 1.25. The Morgan fingerprint density at radius 2 is 0.522 bits per heavy atom. The van der Waals surface area contributed by atoms with E-state index in [1.54, 1.807) is 0 Å². The summed E-state index contributed by atoms with van der Waals surface area (Å²) < 4.78 is 434. The van der Waals surface area contributed by atoms with Crippen LogP contribution in [0, 0.1) is 0 Å². The van der Waals surface area contributed by atoms with Crippen molar-refractivity contribution in [1.29, 1.82) is 0 Å². The molecule has 0 aliphatic rings. The molecule has 384 valence electrons. The molecule has 2 aromatic rings. The van der Waals surface area contributed by atoms with Crippen molar-refractivity contribution >= 4 is 23.2 Å². The third kappa shape index (κ3) is 8.44. The number of anilines is 2. The van der Waals surface area contributed by atoms with Crippen molar-refractivity contribution in [3.63, 3.8) is 0 Å². The Balaban J connectivity index is 2.30. The van der Waals surface area contributed by atoms with Crippen molar-refractivity contribution in [2.45, 2.75) is 102 Å².